The van der Waals surface area contributed by atoms with Crippen LogP contribution in [0.1, 0.15) is 5.56 Å². The number of furan rings is 1. The molecule has 138 valence electrons. The zero-order chi connectivity index (χ0) is 18.9. The molecule has 3 aromatic heterocycles. The lowest BCUT2D eigenvalue weighted by Crippen LogP contribution is -2.12. The molecule has 10 nitrogen and oxygen atoms in total. The predicted octanol–water partition coefficient (Wildman–Crippen LogP) is 1.08. The maximum Gasteiger partial charge on any atom is 0.257 e. The van der Waals surface area contributed by atoms with Crippen LogP contribution in [0, 0.1) is 0 Å². The number of hydrogen-bond acceptors (Lipinski definition) is 8. The molecule has 0 bridgehead atoms. The summed E-state index contributed by atoms with van der Waals surface area (Å²) in [5.74, 6) is 1.80. The molecule has 3 N–H and O–H groups in total. The normalized spacial score (nSPS) is 11.7. The van der Waals surface area contributed by atoms with Crippen molar-refractivity contribution < 1.29 is 12.8 Å². The fourth-order valence-electron chi connectivity index (χ4n) is 2.46. The zero-order valence-electron chi connectivity index (χ0n) is 14.0. The van der Waals surface area contributed by atoms with Gasteiger partial charge in [0, 0.05) is 6.54 Å². The summed E-state index contributed by atoms with van der Waals surface area (Å²) in [5, 5.41) is 12.4. The van der Waals surface area contributed by atoms with Crippen LogP contribution in [0.15, 0.2) is 58.3 Å². The molecule has 0 radical (unpaired) electrons. The number of aromatic nitrogens is 5. The van der Waals surface area contributed by atoms with E-state index in [0.717, 1.165) is 5.56 Å². The molecule has 0 fully saturated rings. The first kappa shape index (κ1) is 17.1. The van der Waals surface area contributed by atoms with E-state index in [0.29, 0.717) is 36.3 Å². The van der Waals surface area contributed by atoms with Gasteiger partial charge in [-0.15, -0.1) is 5.10 Å². The van der Waals surface area contributed by atoms with Crippen LogP contribution in [-0.4, -0.2) is 39.5 Å². The molecule has 27 heavy (non-hydrogen) atoms. The second kappa shape index (κ2) is 6.78. The Morgan fingerprint density at radius 1 is 1.15 bits per heavy atom. The number of anilines is 1. The first-order valence-corrected chi connectivity index (χ1v) is 9.52. The molecule has 0 atom stereocenters. The maximum absolute atomic E-state index is 11.3. The lowest BCUT2D eigenvalue weighted by Gasteiger charge is -2.05. The van der Waals surface area contributed by atoms with Gasteiger partial charge in [0.1, 0.15) is 6.33 Å². The van der Waals surface area contributed by atoms with Gasteiger partial charge in [-0.2, -0.15) is 14.5 Å². The van der Waals surface area contributed by atoms with Crippen LogP contribution in [0.3, 0.4) is 0 Å². The van der Waals surface area contributed by atoms with E-state index in [-0.39, 0.29) is 4.90 Å². The molecule has 0 saturated heterocycles. The van der Waals surface area contributed by atoms with Crippen molar-refractivity contribution in [2.45, 2.75) is 11.3 Å². The largest absolute Gasteiger partial charge is 0.461 e. The third kappa shape index (κ3) is 3.78. The number of nitrogens with zero attached hydrogens (tertiary/aromatic N) is 5. The van der Waals surface area contributed by atoms with Crippen LogP contribution in [-0.2, 0) is 16.4 Å². The minimum atomic E-state index is -3.68. The molecule has 1 aromatic carbocycles. The highest BCUT2D eigenvalue weighted by molar-refractivity contribution is 7.89. The predicted molar refractivity (Wildman–Crippen MR) is 96.3 cm³/mol. The van der Waals surface area contributed by atoms with E-state index in [2.05, 4.69) is 25.4 Å². The summed E-state index contributed by atoms with van der Waals surface area (Å²) in [7, 11) is -3.68. The van der Waals surface area contributed by atoms with Crippen LogP contribution in [0.5, 0.6) is 0 Å². The minimum absolute atomic E-state index is 0.0900. The van der Waals surface area contributed by atoms with E-state index >= 15 is 0 Å². The number of nitrogens with one attached hydrogen (secondary N) is 1. The van der Waals surface area contributed by atoms with Crippen LogP contribution in [0.25, 0.3) is 17.4 Å². The molecule has 0 amide bonds. The number of nitrogens with two attached hydrogens (primary N) is 1. The van der Waals surface area contributed by atoms with Crippen molar-refractivity contribution in [1.29, 1.82) is 0 Å². The van der Waals surface area contributed by atoms with Crippen LogP contribution < -0.4 is 10.5 Å². The van der Waals surface area contributed by atoms with Gasteiger partial charge in [-0.1, -0.05) is 12.1 Å². The number of primary sulfonamides is 1. The molecule has 0 aliphatic rings. The van der Waals surface area contributed by atoms with Crippen LogP contribution in [0.2, 0.25) is 0 Å². The summed E-state index contributed by atoms with van der Waals surface area (Å²) in [6, 6.07) is 9.94. The molecule has 4 aromatic rings. The Balaban J connectivity index is 1.41. The molecule has 0 aliphatic heterocycles. The minimum Gasteiger partial charge on any atom is -0.461 e. The first-order chi connectivity index (χ1) is 13.0. The molecule has 11 heteroatoms. The van der Waals surface area contributed by atoms with Crippen LogP contribution >= 0.6 is 0 Å². The third-order valence-electron chi connectivity index (χ3n) is 3.80. The lowest BCUT2D eigenvalue weighted by atomic mass is 10.1. The van der Waals surface area contributed by atoms with Gasteiger partial charge in [0.15, 0.2) is 5.76 Å². The van der Waals surface area contributed by atoms with Crippen molar-refractivity contribution in [3.8, 4) is 11.6 Å². The van der Waals surface area contributed by atoms with Crippen molar-refractivity contribution >= 4 is 21.7 Å². The van der Waals surface area contributed by atoms with Gasteiger partial charge in [-0.25, -0.2) is 18.5 Å². The highest BCUT2D eigenvalue weighted by atomic mass is 32.2. The number of fused-ring (bicyclic) bond motifs is 1. The standard InChI is InChI=1S/C16H15N7O3S/c17-27(24,25)12-5-3-11(4-6-12)7-8-18-15-19-10-23-16(21-15)20-14(22-23)13-2-1-9-26-13/h1-6,9-10H,7-8H2,(H2,17,24,25)(H,18,20,21,22). The summed E-state index contributed by atoms with van der Waals surface area (Å²) >= 11 is 0. The third-order valence-corrected chi connectivity index (χ3v) is 4.73. The Kier molecular flexibility index (Phi) is 4.30. The van der Waals surface area contributed by atoms with Gasteiger partial charge in [0.2, 0.25) is 21.8 Å². The molecule has 0 saturated carbocycles. The monoisotopic (exact) mass is 385 g/mol. The zero-order valence-corrected chi connectivity index (χ0v) is 14.8. The second-order valence-electron chi connectivity index (χ2n) is 5.70. The number of benzene rings is 1. The second-order valence-corrected chi connectivity index (χ2v) is 7.26. The maximum atomic E-state index is 11.3. The van der Waals surface area contributed by atoms with E-state index in [1.165, 1.54) is 23.0 Å². The summed E-state index contributed by atoms with van der Waals surface area (Å²) in [5.41, 5.74) is 0.957. The van der Waals surface area contributed by atoms with E-state index in [1.807, 2.05) is 0 Å². The highest BCUT2D eigenvalue weighted by Gasteiger charge is 2.11. The Morgan fingerprint density at radius 3 is 2.67 bits per heavy atom. The average molecular weight is 385 g/mol. The Labute approximate surface area is 154 Å². The first-order valence-electron chi connectivity index (χ1n) is 7.98. The van der Waals surface area contributed by atoms with Gasteiger partial charge >= 0.3 is 0 Å². The molecule has 3 heterocycles. The summed E-state index contributed by atoms with van der Waals surface area (Å²) in [6.45, 7) is 0.560. The van der Waals surface area contributed by atoms with E-state index in [4.69, 9.17) is 9.56 Å². The summed E-state index contributed by atoms with van der Waals surface area (Å²) < 4.78 is 29.3. The Bertz CT molecular complexity index is 1170. The SMILES string of the molecule is NS(=O)(=O)c1ccc(CCNc2ncn3nc(-c4ccco4)nc3n2)cc1. The van der Waals surface area contributed by atoms with E-state index in [9.17, 15) is 8.42 Å². The number of sulfonamides is 1. The van der Waals surface area contributed by atoms with Crippen molar-refractivity contribution in [2.75, 3.05) is 11.9 Å². The topological polar surface area (TPSA) is 141 Å². The van der Waals surface area contributed by atoms with Crippen molar-refractivity contribution in [2.24, 2.45) is 5.14 Å². The van der Waals surface area contributed by atoms with Crippen LogP contribution in [0.4, 0.5) is 5.95 Å². The van der Waals surface area contributed by atoms with Crippen molar-refractivity contribution in [3.63, 3.8) is 0 Å². The summed E-state index contributed by atoms with van der Waals surface area (Å²) in [6.07, 6.45) is 3.73. The van der Waals surface area contributed by atoms with Gasteiger partial charge in [-0.3, -0.25) is 0 Å². The van der Waals surface area contributed by atoms with Gasteiger partial charge in [0.25, 0.3) is 5.78 Å². The van der Waals surface area contributed by atoms with E-state index < -0.39 is 10.0 Å². The van der Waals surface area contributed by atoms with E-state index in [1.54, 1.807) is 30.5 Å². The number of rotatable bonds is 6. The van der Waals surface area contributed by atoms with Crippen molar-refractivity contribution in [3.05, 3.63) is 54.6 Å². The van der Waals surface area contributed by atoms with Gasteiger partial charge < -0.3 is 9.73 Å². The molecule has 4 rings (SSSR count). The highest BCUT2D eigenvalue weighted by Crippen LogP contribution is 2.16. The number of hydrogen-bond donors (Lipinski definition) is 2. The summed E-state index contributed by atoms with van der Waals surface area (Å²) in [4.78, 5) is 12.9. The van der Waals surface area contributed by atoms with Gasteiger partial charge in [-0.05, 0) is 36.2 Å². The fourth-order valence-corrected chi connectivity index (χ4v) is 2.98. The quantitative estimate of drug-likeness (QED) is 0.502. The molecule has 0 spiro atoms. The smallest absolute Gasteiger partial charge is 0.257 e. The average Bonchev–Trinajstić information content (AvgIpc) is 3.30. The molecular weight excluding hydrogens is 370 g/mol. The molecule has 0 aliphatic carbocycles. The van der Waals surface area contributed by atoms with Gasteiger partial charge in [0.05, 0.1) is 11.2 Å². The Morgan fingerprint density at radius 2 is 1.96 bits per heavy atom. The van der Waals surface area contributed by atoms with Crippen molar-refractivity contribution in [1.82, 2.24) is 24.6 Å². The molecular formula is C16H15N7O3S. The lowest BCUT2D eigenvalue weighted by molar-refractivity contribution is 0.577. The fraction of sp³-hybridized carbons (Fsp3) is 0.125. The molecule has 0 unspecified atom stereocenters. The Hall–Kier alpha value is -3.31.